The second-order valence-electron chi connectivity index (χ2n) is 9.09. The van der Waals surface area contributed by atoms with Crippen molar-refractivity contribution in [2.45, 2.75) is 6.54 Å². The highest BCUT2D eigenvalue weighted by molar-refractivity contribution is 6.30. The van der Waals surface area contributed by atoms with Gasteiger partial charge in [0.15, 0.2) is 24.8 Å². The predicted octanol–water partition coefficient (Wildman–Crippen LogP) is 3.18. The van der Waals surface area contributed by atoms with Crippen LogP contribution in [0, 0.1) is 0 Å². The topological polar surface area (TPSA) is 111 Å². The van der Waals surface area contributed by atoms with Crippen LogP contribution in [-0.4, -0.2) is 75.1 Å². The number of furan rings is 1. The molecule has 204 valence electrons. The van der Waals surface area contributed by atoms with Crippen LogP contribution in [0.1, 0.15) is 26.7 Å². The molecule has 5 rings (SSSR count). The lowest BCUT2D eigenvalue weighted by Crippen LogP contribution is -2.41. The number of benzene rings is 2. The predicted molar refractivity (Wildman–Crippen MR) is 143 cm³/mol. The summed E-state index contributed by atoms with van der Waals surface area (Å²) in [5.74, 6) is 0.699. The van der Waals surface area contributed by atoms with E-state index in [-0.39, 0.29) is 43.1 Å². The SMILES string of the molecule is O=C(COc1ccc(Cl)cc1)c1ccc2c(c1)N(Cc1ccc(C(=O)NCCN3CCOCC3)o1)C(=O)CO2. The van der Waals surface area contributed by atoms with Crippen molar-refractivity contribution in [3.63, 3.8) is 0 Å². The van der Waals surface area contributed by atoms with Gasteiger partial charge in [0, 0.05) is 36.8 Å². The van der Waals surface area contributed by atoms with Gasteiger partial charge in [-0.1, -0.05) is 11.6 Å². The zero-order valence-corrected chi connectivity index (χ0v) is 21.9. The highest BCUT2D eigenvalue weighted by Crippen LogP contribution is 2.34. The second-order valence-corrected chi connectivity index (χ2v) is 9.53. The number of ether oxygens (including phenoxy) is 3. The Morgan fingerprint density at radius 1 is 1.03 bits per heavy atom. The fraction of sp³-hybridized carbons (Fsp3) is 0.321. The van der Waals surface area contributed by atoms with Gasteiger partial charge in [0.1, 0.15) is 17.3 Å². The Morgan fingerprint density at radius 2 is 1.82 bits per heavy atom. The van der Waals surface area contributed by atoms with Gasteiger partial charge in [-0.05, 0) is 54.6 Å². The number of rotatable bonds is 10. The van der Waals surface area contributed by atoms with Crippen LogP contribution in [0.3, 0.4) is 0 Å². The van der Waals surface area contributed by atoms with Gasteiger partial charge in [0.05, 0.1) is 25.4 Å². The van der Waals surface area contributed by atoms with Gasteiger partial charge in [0.25, 0.3) is 11.8 Å². The molecule has 0 bridgehead atoms. The minimum Gasteiger partial charge on any atom is -0.485 e. The fourth-order valence-electron chi connectivity index (χ4n) is 4.29. The Kier molecular flexibility index (Phi) is 8.45. The van der Waals surface area contributed by atoms with Crippen molar-refractivity contribution in [1.29, 1.82) is 0 Å². The molecule has 2 aromatic carbocycles. The summed E-state index contributed by atoms with van der Waals surface area (Å²) in [4.78, 5) is 41.8. The van der Waals surface area contributed by atoms with Crippen LogP contribution in [0.2, 0.25) is 5.02 Å². The van der Waals surface area contributed by atoms with E-state index in [2.05, 4.69) is 10.2 Å². The molecule has 1 aromatic heterocycles. The van der Waals surface area contributed by atoms with Crippen LogP contribution < -0.4 is 19.7 Å². The van der Waals surface area contributed by atoms with Crippen LogP contribution in [0.25, 0.3) is 0 Å². The molecule has 39 heavy (non-hydrogen) atoms. The van der Waals surface area contributed by atoms with Crippen molar-refractivity contribution in [2.24, 2.45) is 0 Å². The average molecular weight is 554 g/mol. The Balaban J connectivity index is 1.21. The standard InChI is InChI=1S/C28H28ClN3O7/c29-20-2-4-21(5-3-20)37-17-24(33)19-1-7-25-23(15-19)32(27(34)18-38-25)16-22-6-8-26(39-22)28(35)30-9-10-31-11-13-36-14-12-31/h1-8,15H,9-14,16-18H2,(H,30,35). The van der Waals surface area contributed by atoms with Crippen LogP contribution in [-0.2, 0) is 16.1 Å². The highest BCUT2D eigenvalue weighted by Gasteiger charge is 2.28. The number of morpholine rings is 1. The van der Waals surface area contributed by atoms with Crippen molar-refractivity contribution >= 4 is 34.9 Å². The number of carbonyl (C=O) groups excluding carboxylic acids is 3. The average Bonchev–Trinajstić information content (AvgIpc) is 3.43. The lowest BCUT2D eigenvalue weighted by Gasteiger charge is -2.29. The summed E-state index contributed by atoms with van der Waals surface area (Å²) in [6, 6.07) is 14.8. The summed E-state index contributed by atoms with van der Waals surface area (Å²) in [5, 5.41) is 3.43. The molecule has 0 spiro atoms. The lowest BCUT2D eigenvalue weighted by atomic mass is 10.1. The van der Waals surface area contributed by atoms with Crippen molar-refractivity contribution in [1.82, 2.24) is 10.2 Å². The number of anilines is 1. The summed E-state index contributed by atoms with van der Waals surface area (Å²) in [5.41, 5.74) is 0.808. The number of Topliss-reactive ketones (excluding diaryl/α,β-unsaturated/α-hetero) is 1. The molecule has 0 atom stereocenters. The Hall–Kier alpha value is -3.86. The maximum absolute atomic E-state index is 12.8. The van der Waals surface area contributed by atoms with E-state index in [0.29, 0.717) is 53.3 Å². The van der Waals surface area contributed by atoms with Crippen molar-refractivity contribution in [3.8, 4) is 11.5 Å². The fourth-order valence-corrected chi connectivity index (χ4v) is 4.42. The molecule has 1 fully saturated rings. The summed E-state index contributed by atoms with van der Waals surface area (Å²) in [6.45, 7) is 4.06. The number of halogens is 1. The van der Waals surface area contributed by atoms with Gasteiger partial charge in [-0.25, -0.2) is 0 Å². The van der Waals surface area contributed by atoms with Crippen LogP contribution in [0.5, 0.6) is 11.5 Å². The molecular weight excluding hydrogens is 526 g/mol. The van der Waals surface area contributed by atoms with Crippen LogP contribution in [0.4, 0.5) is 5.69 Å². The Morgan fingerprint density at radius 3 is 2.62 bits per heavy atom. The monoisotopic (exact) mass is 553 g/mol. The maximum atomic E-state index is 12.8. The molecule has 2 aliphatic heterocycles. The van der Waals surface area contributed by atoms with E-state index in [0.717, 1.165) is 19.6 Å². The third kappa shape index (κ3) is 6.78. The van der Waals surface area contributed by atoms with Crippen LogP contribution >= 0.6 is 11.6 Å². The number of nitrogens with one attached hydrogen (secondary N) is 1. The number of amides is 2. The molecule has 11 heteroatoms. The molecule has 1 N–H and O–H groups in total. The highest BCUT2D eigenvalue weighted by atomic mass is 35.5. The Bertz CT molecular complexity index is 1340. The number of hydrogen-bond donors (Lipinski definition) is 1. The molecular formula is C28H28ClN3O7. The zero-order valence-electron chi connectivity index (χ0n) is 21.2. The minimum atomic E-state index is -0.322. The van der Waals surface area contributed by atoms with E-state index in [1.165, 1.54) is 4.90 Å². The summed E-state index contributed by atoms with van der Waals surface area (Å²) < 4.78 is 22.2. The number of carbonyl (C=O) groups is 3. The quantitative estimate of drug-likeness (QED) is 0.381. The first-order valence-electron chi connectivity index (χ1n) is 12.6. The van der Waals surface area contributed by atoms with E-state index in [1.807, 2.05) is 0 Å². The van der Waals surface area contributed by atoms with E-state index in [1.54, 1.807) is 54.6 Å². The van der Waals surface area contributed by atoms with Gasteiger partial charge in [0.2, 0.25) is 0 Å². The zero-order chi connectivity index (χ0) is 27.2. The van der Waals surface area contributed by atoms with Crippen molar-refractivity contribution < 1.29 is 33.0 Å². The molecule has 0 radical (unpaired) electrons. The third-order valence-corrected chi connectivity index (χ3v) is 6.68. The molecule has 0 saturated carbocycles. The minimum absolute atomic E-state index is 0.0785. The smallest absolute Gasteiger partial charge is 0.287 e. The molecule has 3 aromatic rings. The van der Waals surface area contributed by atoms with Gasteiger partial charge < -0.3 is 23.9 Å². The molecule has 0 aliphatic carbocycles. The van der Waals surface area contributed by atoms with Crippen LogP contribution in [0.15, 0.2) is 59.0 Å². The maximum Gasteiger partial charge on any atom is 0.287 e. The van der Waals surface area contributed by atoms with E-state index in [4.69, 9.17) is 30.2 Å². The number of ketones is 1. The molecule has 2 amide bonds. The number of nitrogens with zero attached hydrogens (tertiary/aromatic N) is 2. The van der Waals surface area contributed by atoms with Crippen molar-refractivity contribution in [2.75, 3.05) is 57.5 Å². The van der Waals surface area contributed by atoms with E-state index < -0.39 is 0 Å². The lowest BCUT2D eigenvalue weighted by molar-refractivity contribution is -0.121. The van der Waals surface area contributed by atoms with Gasteiger partial charge in [-0.15, -0.1) is 0 Å². The largest absolute Gasteiger partial charge is 0.485 e. The van der Waals surface area contributed by atoms with Gasteiger partial charge in [-0.3, -0.25) is 24.2 Å². The normalized spacial score (nSPS) is 15.4. The molecule has 0 unspecified atom stereocenters. The first-order valence-corrected chi connectivity index (χ1v) is 13.0. The third-order valence-electron chi connectivity index (χ3n) is 6.42. The Labute approximate surface area is 230 Å². The first-order chi connectivity index (χ1) is 19.0. The molecule has 2 aliphatic rings. The van der Waals surface area contributed by atoms with Crippen molar-refractivity contribution in [3.05, 3.63) is 76.7 Å². The molecule has 3 heterocycles. The number of fused-ring (bicyclic) bond motifs is 1. The second kappa shape index (κ2) is 12.3. The van der Waals surface area contributed by atoms with E-state index in [9.17, 15) is 14.4 Å². The summed E-state index contributed by atoms with van der Waals surface area (Å²) in [7, 11) is 0. The first kappa shape index (κ1) is 26.7. The van der Waals surface area contributed by atoms with Gasteiger partial charge in [-0.2, -0.15) is 0 Å². The molecule has 10 nitrogen and oxygen atoms in total. The molecule has 1 saturated heterocycles. The summed E-state index contributed by atoms with van der Waals surface area (Å²) in [6.07, 6.45) is 0. The number of hydrogen-bond acceptors (Lipinski definition) is 8. The van der Waals surface area contributed by atoms with E-state index >= 15 is 0 Å². The van der Waals surface area contributed by atoms with Gasteiger partial charge >= 0.3 is 0 Å². The summed E-state index contributed by atoms with van der Waals surface area (Å²) >= 11 is 5.89.